The van der Waals surface area contributed by atoms with Crippen LogP contribution in [-0.4, -0.2) is 35.1 Å². The highest BCUT2D eigenvalue weighted by atomic mass is 15.2. The van der Waals surface area contributed by atoms with Crippen molar-refractivity contribution < 1.29 is 0 Å². The first-order valence-corrected chi connectivity index (χ1v) is 6.97. The first-order chi connectivity index (χ1) is 8.74. The van der Waals surface area contributed by atoms with Gasteiger partial charge in [0, 0.05) is 24.8 Å². The molecule has 1 aromatic heterocycles. The molecule has 4 nitrogen and oxygen atoms in total. The Labute approximate surface area is 109 Å². The zero-order valence-electron chi connectivity index (χ0n) is 11.0. The molecule has 3 rings (SSSR count). The van der Waals surface area contributed by atoms with Crippen LogP contribution in [0.1, 0.15) is 31.2 Å². The van der Waals surface area contributed by atoms with E-state index < -0.39 is 0 Å². The number of aromatic nitrogens is 1. The van der Waals surface area contributed by atoms with Gasteiger partial charge < -0.3 is 11.1 Å². The van der Waals surface area contributed by atoms with Crippen molar-refractivity contribution in [2.24, 2.45) is 0 Å². The molecule has 98 valence electrons. The molecule has 0 aliphatic carbocycles. The van der Waals surface area contributed by atoms with Crippen molar-refractivity contribution in [2.45, 2.75) is 44.7 Å². The number of fused-ring (bicyclic) bond motifs is 1. The zero-order chi connectivity index (χ0) is 12.5. The molecule has 2 aliphatic heterocycles. The Kier molecular flexibility index (Phi) is 3.12. The quantitative estimate of drug-likeness (QED) is 0.838. The number of nitrogens with two attached hydrogens (primary N) is 1. The number of aryl methyl sites for hydroxylation is 1. The van der Waals surface area contributed by atoms with Gasteiger partial charge in [-0.2, -0.15) is 0 Å². The highest BCUT2D eigenvalue weighted by molar-refractivity contribution is 5.62. The van der Waals surface area contributed by atoms with Gasteiger partial charge in [-0.1, -0.05) is 6.42 Å². The van der Waals surface area contributed by atoms with Gasteiger partial charge in [-0.25, -0.2) is 4.98 Å². The number of piperidine rings is 1. The van der Waals surface area contributed by atoms with Crippen LogP contribution in [-0.2, 0) is 0 Å². The van der Waals surface area contributed by atoms with E-state index in [2.05, 4.69) is 15.2 Å². The lowest BCUT2D eigenvalue weighted by atomic mass is 9.99. The average Bonchev–Trinajstić information content (AvgIpc) is 2.76. The van der Waals surface area contributed by atoms with E-state index >= 15 is 0 Å². The Morgan fingerprint density at radius 2 is 2.22 bits per heavy atom. The summed E-state index contributed by atoms with van der Waals surface area (Å²) in [4.78, 5) is 7.04. The second kappa shape index (κ2) is 4.76. The predicted molar refractivity (Wildman–Crippen MR) is 74.6 cm³/mol. The summed E-state index contributed by atoms with van der Waals surface area (Å²) in [6, 6.07) is 3.19. The van der Waals surface area contributed by atoms with E-state index in [0.717, 1.165) is 17.1 Å². The second-order valence-corrected chi connectivity index (χ2v) is 5.59. The van der Waals surface area contributed by atoms with E-state index in [9.17, 15) is 0 Å². The van der Waals surface area contributed by atoms with Crippen LogP contribution in [0, 0.1) is 6.92 Å². The maximum absolute atomic E-state index is 6.03. The number of nitrogen functional groups attached to an aromatic ring is 1. The van der Waals surface area contributed by atoms with Gasteiger partial charge in [0.2, 0.25) is 0 Å². The summed E-state index contributed by atoms with van der Waals surface area (Å²) in [6.45, 7) is 4.50. The third kappa shape index (κ3) is 2.17. The molecule has 3 heterocycles. The first kappa shape index (κ1) is 11.8. The Bertz CT molecular complexity index is 432. The number of hydrogen-bond acceptors (Lipinski definition) is 4. The third-order valence-electron chi connectivity index (χ3n) is 4.23. The molecule has 2 unspecified atom stereocenters. The lowest BCUT2D eigenvalue weighted by Gasteiger charge is -2.32. The Morgan fingerprint density at radius 1 is 1.33 bits per heavy atom. The van der Waals surface area contributed by atoms with Crippen LogP contribution in [0.2, 0.25) is 0 Å². The Hall–Kier alpha value is -1.29. The molecule has 2 atom stereocenters. The Morgan fingerprint density at radius 3 is 3.06 bits per heavy atom. The third-order valence-corrected chi connectivity index (χ3v) is 4.23. The van der Waals surface area contributed by atoms with Crippen LogP contribution in [0.5, 0.6) is 0 Å². The number of rotatable bonds is 2. The molecular formula is C14H22N4. The SMILES string of the molecule is Cc1cnc(NC2CCN3CCCCC23)c(N)c1. The van der Waals surface area contributed by atoms with Crippen molar-refractivity contribution in [1.82, 2.24) is 9.88 Å². The minimum atomic E-state index is 0.516. The highest BCUT2D eigenvalue weighted by Gasteiger charge is 2.35. The number of anilines is 2. The van der Waals surface area contributed by atoms with Crippen LogP contribution in [0.4, 0.5) is 11.5 Å². The van der Waals surface area contributed by atoms with Gasteiger partial charge in [0.25, 0.3) is 0 Å². The van der Waals surface area contributed by atoms with E-state index in [-0.39, 0.29) is 0 Å². The molecular weight excluding hydrogens is 224 g/mol. The minimum Gasteiger partial charge on any atom is -0.396 e. The smallest absolute Gasteiger partial charge is 0.149 e. The summed E-state index contributed by atoms with van der Waals surface area (Å²) < 4.78 is 0. The molecule has 0 saturated carbocycles. The zero-order valence-corrected chi connectivity index (χ0v) is 11.0. The van der Waals surface area contributed by atoms with Crippen LogP contribution in [0.3, 0.4) is 0 Å². The Balaban J connectivity index is 1.72. The molecule has 2 aliphatic rings. The van der Waals surface area contributed by atoms with Gasteiger partial charge in [0.05, 0.1) is 5.69 Å². The van der Waals surface area contributed by atoms with Gasteiger partial charge in [-0.05, 0) is 44.4 Å². The van der Waals surface area contributed by atoms with Crippen molar-refractivity contribution in [3.8, 4) is 0 Å². The van der Waals surface area contributed by atoms with Crippen molar-refractivity contribution in [3.63, 3.8) is 0 Å². The fraction of sp³-hybridized carbons (Fsp3) is 0.643. The molecule has 0 radical (unpaired) electrons. The fourth-order valence-corrected chi connectivity index (χ4v) is 3.30. The number of nitrogens with one attached hydrogen (secondary N) is 1. The van der Waals surface area contributed by atoms with E-state index in [4.69, 9.17) is 5.73 Å². The number of hydrogen-bond donors (Lipinski definition) is 2. The molecule has 0 spiro atoms. The fourth-order valence-electron chi connectivity index (χ4n) is 3.30. The summed E-state index contributed by atoms with van der Waals surface area (Å²) in [5, 5.41) is 3.56. The molecule has 0 aromatic carbocycles. The molecule has 3 N–H and O–H groups in total. The predicted octanol–water partition coefficient (Wildman–Crippen LogP) is 2.01. The van der Waals surface area contributed by atoms with Crippen molar-refractivity contribution in [3.05, 3.63) is 17.8 Å². The number of pyridine rings is 1. The first-order valence-electron chi connectivity index (χ1n) is 6.97. The van der Waals surface area contributed by atoms with E-state index in [0.29, 0.717) is 12.1 Å². The lowest BCUT2D eigenvalue weighted by Crippen LogP contribution is -2.41. The molecule has 0 amide bonds. The topological polar surface area (TPSA) is 54.2 Å². The molecule has 2 fully saturated rings. The normalized spacial score (nSPS) is 28.1. The standard InChI is InChI=1S/C14H22N4/c1-10-8-11(15)14(16-9-10)17-12-5-7-18-6-3-2-4-13(12)18/h8-9,12-13H,2-7,15H2,1H3,(H,16,17). The average molecular weight is 246 g/mol. The summed E-state index contributed by atoms with van der Waals surface area (Å²) in [7, 11) is 0. The van der Waals surface area contributed by atoms with Crippen LogP contribution in [0.25, 0.3) is 0 Å². The van der Waals surface area contributed by atoms with Crippen molar-refractivity contribution in [1.29, 1.82) is 0 Å². The van der Waals surface area contributed by atoms with Crippen molar-refractivity contribution >= 4 is 11.5 Å². The van der Waals surface area contributed by atoms with E-state index in [1.807, 2.05) is 19.2 Å². The van der Waals surface area contributed by atoms with Crippen LogP contribution in [0.15, 0.2) is 12.3 Å². The van der Waals surface area contributed by atoms with Gasteiger partial charge in [0.15, 0.2) is 0 Å². The van der Waals surface area contributed by atoms with Crippen molar-refractivity contribution in [2.75, 3.05) is 24.1 Å². The summed E-state index contributed by atoms with van der Waals surface area (Å²) in [6.07, 6.45) is 7.11. The lowest BCUT2D eigenvalue weighted by molar-refractivity contribution is 0.192. The molecule has 0 bridgehead atoms. The molecule has 4 heteroatoms. The summed E-state index contributed by atoms with van der Waals surface area (Å²) in [5.41, 5.74) is 7.91. The molecule has 1 aromatic rings. The monoisotopic (exact) mass is 246 g/mol. The highest BCUT2D eigenvalue weighted by Crippen LogP contribution is 2.30. The number of nitrogens with zero attached hydrogens (tertiary/aromatic N) is 2. The summed E-state index contributed by atoms with van der Waals surface area (Å²) >= 11 is 0. The van der Waals surface area contributed by atoms with Crippen LogP contribution >= 0.6 is 0 Å². The van der Waals surface area contributed by atoms with Gasteiger partial charge >= 0.3 is 0 Å². The van der Waals surface area contributed by atoms with E-state index in [1.54, 1.807) is 0 Å². The van der Waals surface area contributed by atoms with Gasteiger partial charge in [-0.15, -0.1) is 0 Å². The van der Waals surface area contributed by atoms with Gasteiger partial charge in [-0.3, -0.25) is 4.90 Å². The van der Waals surface area contributed by atoms with E-state index in [1.165, 1.54) is 38.8 Å². The van der Waals surface area contributed by atoms with Crippen LogP contribution < -0.4 is 11.1 Å². The molecule has 18 heavy (non-hydrogen) atoms. The largest absolute Gasteiger partial charge is 0.396 e. The maximum atomic E-state index is 6.03. The molecule has 2 saturated heterocycles. The maximum Gasteiger partial charge on any atom is 0.149 e. The second-order valence-electron chi connectivity index (χ2n) is 5.59. The minimum absolute atomic E-state index is 0.516. The summed E-state index contributed by atoms with van der Waals surface area (Å²) in [5.74, 6) is 0.859. The van der Waals surface area contributed by atoms with Gasteiger partial charge in [0.1, 0.15) is 5.82 Å².